The first kappa shape index (κ1) is 12.2. The van der Waals surface area contributed by atoms with Crippen molar-refractivity contribution in [1.29, 1.82) is 0 Å². The molecule has 2 heterocycles. The average molecular weight is 320 g/mol. The van der Waals surface area contributed by atoms with Crippen molar-refractivity contribution < 1.29 is 0 Å². The van der Waals surface area contributed by atoms with Crippen molar-refractivity contribution in [3.05, 3.63) is 34.4 Å². The molecule has 0 amide bonds. The van der Waals surface area contributed by atoms with E-state index >= 15 is 0 Å². The third-order valence-electron chi connectivity index (χ3n) is 3.04. The van der Waals surface area contributed by atoms with Crippen LogP contribution in [0.1, 0.15) is 19.0 Å². The molecule has 0 fully saturated rings. The van der Waals surface area contributed by atoms with Gasteiger partial charge in [0, 0.05) is 4.47 Å². The topological polar surface area (TPSA) is 72.5 Å². The molecule has 0 saturated carbocycles. The van der Waals surface area contributed by atoms with Crippen molar-refractivity contribution in [2.24, 2.45) is 0 Å². The first-order valence-corrected chi connectivity index (χ1v) is 6.97. The number of rotatable bonds is 3. The van der Waals surface area contributed by atoms with Gasteiger partial charge < -0.3 is 5.73 Å². The second-order valence-corrected chi connectivity index (χ2v) is 5.34. The number of aryl methyl sites for hydroxylation is 1. The molecule has 0 aliphatic carbocycles. The second kappa shape index (κ2) is 4.70. The Labute approximate surface area is 118 Å². The van der Waals surface area contributed by atoms with E-state index < -0.39 is 0 Å². The van der Waals surface area contributed by atoms with E-state index in [1.165, 1.54) is 0 Å². The zero-order chi connectivity index (χ0) is 13.4. The maximum Gasteiger partial charge on any atom is 0.186 e. The molecular weight excluding hydrogens is 306 g/mol. The fraction of sp³-hybridized carbons (Fsp3) is 0.231. The summed E-state index contributed by atoms with van der Waals surface area (Å²) in [6.07, 6.45) is 1.92. The van der Waals surface area contributed by atoms with Gasteiger partial charge in [0.2, 0.25) is 0 Å². The highest BCUT2D eigenvalue weighted by atomic mass is 79.9. The van der Waals surface area contributed by atoms with Gasteiger partial charge in [-0.15, -0.1) is 0 Å². The Morgan fingerprint density at radius 3 is 2.74 bits per heavy atom. The highest BCUT2D eigenvalue weighted by Gasteiger charge is 2.16. The number of aromatic nitrogens is 4. The molecule has 98 valence electrons. The van der Waals surface area contributed by atoms with Crippen LogP contribution in [0.2, 0.25) is 0 Å². The van der Waals surface area contributed by atoms with Crippen molar-refractivity contribution in [2.75, 3.05) is 5.73 Å². The lowest BCUT2D eigenvalue weighted by Crippen LogP contribution is -1.98. The van der Waals surface area contributed by atoms with E-state index in [0.29, 0.717) is 5.82 Å². The number of hydrogen-bond acceptors (Lipinski definition) is 3. The average Bonchev–Trinajstić information content (AvgIpc) is 2.94. The van der Waals surface area contributed by atoms with E-state index in [0.717, 1.165) is 39.7 Å². The molecule has 0 bridgehead atoms. The number of nitrogens with one attached hydrogen (secondary N) is 1. The Morgan fingerprint density at radius 2 is 2.05 bits per heavy atom. The van der Waals surface area contributed by atoms with Crippen molar-refractivity contribution >= 4 is 32.8 Å². The summed E-state index contributed by atoms with van der Waals surface area (Å²) in [5, 5.41) is 12.7. The maximum atomic E-state index is 5.94. The van der Waals surface area contributed by atoms with Crippen LogP contribution >= 0.6 is 15.9 Å². The van der Waals surface area contributed by atoms with Crippen LogP contribution < -0.4 is 5.73 Å². The van der Waals surface area contributed by atoms with E-state index in [1.807, 2.05) is 28.9 Å². The normalized spacial score (nSPS) is 11.3. The molecule has 3 rings (SSSR count). The minimum Gasteiger partial charge on any atom is -0.383 e. The SMILES string of the molecule is CCCc1nn(-c2ccc(Br)cc2)c2n[nH]c(N)c12. The molecule has 0 aliphatic heterocycles. The molecule has 2 aromatic heterocycles. The van der Waals surface area contributed by atoms with Crippen LogP contribution in [0.25, 0.3) is 16.7 Å². The third kappa shape index (κ3) is 2.02. The molecule has 0 atom stereocenters. The molecule has 0 radical (unpaired) electrons. The first-order valence-electron chi connectivity index (χ1n) is 6.18. The van der Waals surface area contributed by atoms with Gasteiger partial charge in [-0.05, 0) is 30.7 Å². The van der Waals surface area contributed by atoms with Crippen LogP contribution in [0.5, 0.6) is 0 Å². The number of fused-ring (bicyclic) bond motifs is 1. The van der Waals surface area contributed by atoms with Crippen molar-refractivity contribution in [2.45, 2.75) is 19.8 Å². The highest BCUT2D eigenvalue weighted by molar-refractivity contribution is 9.10. The van der Waals surface area contributed by atoms with E-state index in [1.54, 1.807) is 0 Å². The fourth-order valence-corrected chi connectivity index (χ4v) is 2.44. The van der Waals surface area contributed by atoms with Gasteiger partial charge in [0.05, 0.1) is 16.8 Å². The summed E-state index contributed by atoms with van der Waals surface area (Å²) in [6.45, 7) is 2.13. The third-order valence-corrected chi connectivity index (χ3v) is 3.57. The standard InChI is InChI=1S/C13H14BrN5/c1-2-3-10-11-12(15)16-17-13(11)19(18-10)9-6-4-8(14)5-7-9/h4-7H,2-3H2,1H3,(H3,15,16,17). The van der Waals surface area contributed by atoms with Gasteiger partial charge >= 0.3 is 0 Å². The Bertz CT molecular complexity index is 711. The summed E-state index contributed by atoms with van der Waals surface area (Å²) < 4.78 is 2.87. The number of hydrogen-bond donors (Lipinski definition) is 2. The number of nitrogens with zero attached hydrogens (tertiary/aromatic N) is 3. The van der Waals surface area contributed by atoms with Crippen molar-refractivity contribution in [3.63, 3.8) is 0 Å². The van der Waals surface area contributed by atoms with Crippen LogP contribution in [0.15, 0.2) is 28.7 Å². The van der Waals surface area contributed by atoms with Gasteiger partial charge in [0.15, 0.2) is 5.65 Å². The molecule has 0 spiro atoms. The summed E-state index contributed by atoms with van der Waals surface area (Å²) in [5.41, 5.74) is 8.69. The molecule has 6 heteroatoms. The first-order chi connectivity index (χ1) is 9.20. The molecule has 3 N–H and O–H groups in total. The van der Waals surface area contributed by atoms with E-state index in [9.17, 15) is 0 Å². The molecule has 3 aromatic rings. The number of nitrogens with two attached hydrogens (primary N) is 1. The van der Waals surface area contributed by atoms with Gasteiger partial charge in [-0.2, -0.15) is 10.2 Å². The van der Waals surface area contributed by atoms with Gasteiger partial charge in [-0.1, -0.05) is 29.3 Å². The lowest BCUT2D eigenvalue weighted by Gasteiger charge is -2.01. The van der Waals surface area contributed by atoms with Crippen LogP contribution in [0, 0.1) is 0 Å². The second-order valence-electron chi connectivity index (χ2n) is 4.42. The van der Waals surface area contributed by atoms with Crippen molar-refractivity contribution in [1.82, 2.24) is 20.0 Å². The van der Waals surface area contributed by atoms with Gasteiger partial charge in [-0.25, -0.2) is 4.68 Å². The number of anilines is 1. The van der Waals surface area contributed by atoms with Crippen LogP contribution in [-0.2, 0) is 6.42 Å². The summed E-state index contributed by atoms with van der Waals surface area (Å²) in [5.74, 6) is 0.585. The molecule has 5 nitrogen and oxygen atoms in total. The predicted molar refractivity (Wildman–Crippen MR) is 79.3 cm³/mol. The quantitative estimate of drug-likeness (QED) is 0.779. The van der Waals surface area contributed by atoms with Crippen LogP contribution in [0.4, 0.5) is 5.82 Å². The largest absolute Gasteiger partial charge is 0.383 e. The lowest BCUT2D eigenvalue weighted by molar-refractivity contribution is 0.810. The summed E-state index contributed by atoms with van der Waals surface area (Å²) >= 11 is 3.43. The Hall–Kier alpha value is -1.82. The maximum absolute atomic E-state index is 5.94. The number of nitrogen functional groups attached to an aromatic ring is 1. The minimum absolute atomic E-state index is 0.585. The fourth-order valence-electron chi connectivity index (χ4n) is 2.18. The van der Waals surface area contributed by atoms with Gasteiger partial charge in [0.25, 0.3) is 0 Å². The van der Waals surface area contributed by atoms with Crippen molar-refractivity contribution in [3.8, 4) is 5.69 Å². The molecule has 19 heavy (non-hydrogen) atoms. The van der Waals surface area contributed by atoms with Crippen LogP contribution in [0.3, 0.4) is 0 Å². The number of aromatic amines is 1. The lowest BCUT2D eigenvalue weighted by atomic mass is 10.2. The van der Waals surface area contributed by atoms with E-state index in [2.05, 4.69) is 38.1 Å². The van der Waals surface area contributed by atoms with Crippen LogP contribution in [-0.4, -0.2) is 20.0 Å². The van der Waals surface area contributed by atoms with Gasteiger partial charge in [-0.3, -0.25) is 5.10 Å². The smallest absolute Gasteiger partial charge is 0.186 e. The molecule has 0 aliphatic rings. The Morgan fingerprint density at radius 1 is 1.32 bits per heavy atom. The number of halogens is 1. The number of H-pyrrole nitrogens is 1. The van der Waals surface area contributed by atoms with Gasteiger partial charge in [0.1, 0.15) is 5.82 Å². The monoisotopic (exact) mass is 319 g/mol. The van der Waals surface area contributed by atoms with E-state index in [-0.39, 0.29) is 0 Å². The summed E-state index contributed by atoms with van der Waals surface area (Å²) in [6, 6.07) is 7.96. The molecule has 0 unspecified atom stereocenters. The molecule has 1 aromatic carbocycles. The van der Waals surface area contributed by atoms with E-state index in [4.69, 9.17) is 5.73 Å². The highest BCUT2D eigenvalue weighted by Crippen LogP contribution is 2.26. The summed E-state index contributed by atoms with van der Waals surface area (Å²) in [7, 11) is 0. The molecular formula is C13H14BrN5. The molecule has 0 saturated heterocycles. The Balaban J connectivity index is 2.21. The number of benzene rings is 1. The Kier molecular flexibility index (Phi) is 3.02. The summed E-state index contributed by atoms with van der Waals surface area (Å²) in [4.78, 5) is 0. The minimum atomic E-state index is 0.585. The predicted octanol–water partition coefficient (Wildman–Crippen LogP) is 3.05. The zero-order valence-corrected chi connectivity index (χ0v) is 12.1. The zero-order valence-electron chi connectivity index (χ0n) is 10.5.